The van der Waals surface area contributed by atoms with Gasteiger partial charge in [0, 0.05) is 19.7 Å². The summed E-state index contributed by atoms with van der Waals surface area (Å²) in [4.78, 5) is 0. The summed E-state index contributed by atoms with van der Waals surface area (Å²) in [6.07, 6.45) is 2.48. The van der Waals surface area contributed by atoms with Crippen molar-refractivity contribution in [1.82, 2.24) is 5.32 Å². The number of hydrogen-bond donors (Lipinski definition) is 1. The Kier molecular flexibility index (Phi) is 1.72. The third kappa shape index (κ3) is 0.858. The lowest BCUT2D eigenvalue weighted by Gasteiger charge is -2.35. The van der Waals surface area contributed by atoms with Crippen LogP contribution in [0.1, 0.15) is 12.8 Å². The van der Waals surface area contributed by atoms with Crippen LogP contribution in [-0.4, -0.2) is 25.3 Å². The van der Waals surface area contributed by atoms with Gasteiger partial charge in [-0.3, -0.25) is 0 Å². The number of rotatable bonds is 1. The molecule has 2 saturated heterocycles. The van der Waals surface area contributed by atoms with Gasteiger partial charge in [-0.1, -0.05) is 0 Å². The predicted molar refractivity (Wildman–Crippen MR) is 38.0 cm³/mol. The standard InChI is InChI=1S/C6H11NO.ClH/c1-8-6-2-5(3-6)7-4-6;/h5,7H,2-4H2,1H3;1H. The Balaban J connectivity index is 0.000000405. The second-order valence-electron chi connectivity index (χ2n) is 2.87. The maximum absolute atomic E-state index is 5.30. The third-order valence-electron chi connectivity index (χ3n) is 2.38. The number of halogens is 1. The minimum atomic E-state index is 0. The Morgan fingerprint density at radius 2 is 2.22 bits per heavy atom. The molecule has 1 N–H and O–H groups in total. The fraction of sp³-hybridized carbons (Fsp3) is 1.00. The van der Waals surface area contributed by atoms with Crippen LogP contribution in [-0.2, 0) is 4.74 Å². The SMILES string of the molecule is COC12CNC(C1)C2.Cl. The molecule has 0 spiro atoms. The van der Waals surface area contributed by atoms with E-state index in [4.69, 9.17) is 4.74 Å². The molecule has 0 amide bonds. The predicted octanol–water partition coefficient (Wildman–Crippen LogP) is 0.559. The number of fused-ring (bicyclic) bond motifs is 1. The normalized spacial score (nSPS) is 45.7. The summed E-state index contributed by atoms with van der Waals surface area (Å²) in [5.41, 5.74) is 0.269. The second kappa shape index (κ2) is 2.11. The zero-order valence-electron chi connectivity index (χ0n) is 5.52. The smallest absolute Gasteiger partial charge is 0.0832 e. The number of hydrogen-bond acceptors (Lipinski definition) is 2. The monoisotopic (exact) mass is 149 g/mol. The molecule has 1 saturated carbocycles. The maximum Gasteiger partial charge on any atom is 0.0832 e. The van der Waals surface area contributed by atoms with Gasteiger partial charge in [0.1, 0.15) is 0 Å². The van der Waals surface area contributed by atoms with Gasteiger partial charge >= 0.3 is 0 Å². The Morgan fingerprint density at radius 3 is 2.44 bits per heavy atom. The van der Waals surface area contributed by atoms with Crippen LogP contribution >= 0.6 is 12.4 Å². The summed E-state index contributed by atoms with van der Waals surface area (Å²) in [5.74, 6) is 0. The lowest BCUT2D eigenvalue weighted by atomic mass is 9.81. The third-order valence-corrected chi connectivity index (χ3v) is 2.38. The molecule has 1 aliphatic carbocycles. The van der Waals surface area contributed by atoms with Crippen LogP contribution in [0.15, 0.2) is 0 Å². The highest BCUT2D eigenvalue weighted by Gasteiger charge is 2.50. The highest BCUT2D eigenvalue weighted by Crippen LogP contribution is 2.40. The lowest BCUT2D eigenvalue weighted by molar-refractivity contribution is -0.0362. The van der Waals surface area contributed by atoms with E-state index in [0.717, 1.165) is 12.6 Å². The Labute approximate surface area is 61.4 Å². The van der Waals surface area contributed by atoms with E-state index in [2.05, 4.69) is 5.32 Å². The molecule has 0 radical (unpaired) electrons. The van der Waals surface area contributed by atoms with Gasteiger partial charge in [-0.25, -0.2) is 0 Å². The van der Waals surface area contributed by atoms with Crippen molar-refractivity contribution in [2.45, 2.75) is 24.5 Å². The Bertz CT molecular complexity index is 106. The van der Waals surface area contributed by atoms with E-state index >= 15 is 0 Å². The van der Waals surface area contributed by atoms with Crippen molar-refractivity contribution in [2.24, 2.45) is 0 Å². The average Bonchev–Trinajstić information content (AvgIpc) is 2.17. The number of ether oxygens (including phenoxy) is 1. The second-order valence-corrected chi connectivity index (χ2v) is 2.87. The molecule has 0 atom stereocenters. The van der Waals surface area contributed by atoms with Crippen LogP contribution in [0.5, 0.6) is 0 Å². The molecule has 2 nitrogen and oxygen atoms in total. The first-order valence-corrected chi connectivity index (χ1v) is 3.13. The zero-order chi connectivity index (χ0) is 5.61. The molecule has 2 bridgehead atoms. The molecule has 3 rings (SSSR count). The van der Waals surface area contributed by atoms with Gasteiger partial charge in [-0.15, -0.1) is 12.4 Å². The molecule has 54 valence electrons. The molecule has 0 aromatic heterocycles. The highest BCUT2D eigenvalue weighted by atomic mass is 35.5. The number of nitrogens with one attached hydrogen (secondary N) is 1. The van der Waals surface area contributed by atoms with Crippen LogP contribution in [0.2, 0.25) is 0 Å². The van der Waals surface area contributed by atoms with Crippen molar-refractivity contribution in [3.05, 3.63) is 0 Å². The molecule has 2 heterocycles. The molecule has 0 aromatic rings. The van der Waals surface area contributed by atoms with Crippen molar-refractivity contribution < 1.29 is 4.74 Å². The molecule has 3 fully saturated rings. The summed E-state index contributed by atoms with van der Waals surface area (Å²) in [6.45, 7) is 1.08. The fourth-order valence-electron chi connectivity index (χ4n) is 1.70. The van der Waals surface area contributed by atoms with Crippen molar-refractivity contribution in [2.75, 3.05) is 13.7 Å². The van der Waals surface area contributed by atoms with Crippen molar-refractivity contribution >= 4 is 12.4 Å². The first-order chi connectivity index (χ1) is 3.85. The van der Waals surface area contributed by atoms with Gasteiger partial charge in [0.15, 0.2) is 0 Å². The molecular weight excluding hydrogens is 138 g/mol. The van der Waals surface area contributed by atoms with Gasteiger partial charge in [0.25, 0.3) is 0 Å². The number of methoxy groups -OCH3 is 1. The van der Waals surface area contributed by atoms with Crippen molar-refractivity contribution in [3.8, 4) is 0 Å². The van der Waals surface area contributed by atoms with Gasteiger partial charge in [-0.05, 0) is 12.8 Å². The summed E-state index contributed by atoms with van der Waals surface area (Å²) in [7, 11) is 1.81. The zero-order valence-corrected chi connectivity index (χ0v) is 6.33. The molecular formula is C6H12ClNO. The van der Waals surface area contributed by atoms with E-state index in [1.807, 2.05) is 7.11 Å². The van der Waals surface area contributed by atoms with Crippen molar-refractivity contribution in [1.29, 1.82) is 0 Å². The minimum Gasteiger partial charge on any atom is -0.377 e. The maximum atomic E-state index is 5.30. The molecule has 9 heavy (non-hydrogen) atoms. The molecule has 2 aliphatic heterocycles. The summed E-state index contributed by atoms with van der Waals surface area (Å²) in [5, 5.41) is 3.36. The van der Waals surface area contributed by atoms with Crippen molar-refractivity contribution in [3.63, 3.8) is 0 Å². The minimum absolute atomic E-state index is 0. The van der Waals surface area contributed by atoms with Crippen LogP contribution < -0.4 is 5.32 Å². The first kappa shape index (κ1) is 7.32. The molecule has 3 heteroatoms. The van der Waals surface area contributed by atoms with Gasteiger partial charge in [-0.2, -0.15) is 0 Å². The highest BCUT2D eigenvalue weighted by molar-refractivity contribution is 5.85. The van der Waals surface area contributed by atoms with Gasteiger partial charge in [0.05, 0.1) is 5.60 Å². The van der Waals surface area contributed by atoms with E-state index in [-0.39, 0.29) is 18.0 Å². The molecule has 3 aliphatic rings. The topological polar surface area (TPSA) is 21.3 Å². The van der Waals surface area contributed by atoms with E-state index < -0.39 is 0 Å². The Hall–Kier alpha value is 0.210. The van der Waals surface area contributed by atoms with Crippen LogP contribution in [0, 0.1) is 0 Å². The molecule has 0 unspecified atom stereocenters. The largest absolute Gasteiger partial charge is 0.377 e. The quantitative estimate of drug-likeness (QED) is 0.589. The van der Waals surface area contributed by atoms with Crippen LogP contribution in [0.3, 0.4) is 0 Å². The van der Waals surface area contributed by atoms with E-state index in [1.165, 1.54) is 12.8 Å². The van der Waals surface area contributed by atoms with E-state index in [0.29, 0.717) is 0 Å². The van der Waals surface area contributed by atoms with Crippen LogP contribution in [0.4, 0.5) is 0 Å². The Morgan fingerprint density at radius 1 is 1.56 bits per heavy atom. The summed E-state index contributed by atoms with van der Waals surface area (Å²) >= 11 is 0. The summed E-state index contributed by atoms with van der Waals surface area (Å²) < 4.78 is 5.30. The van der Waals surface area contributed by atoms with Gasteiger partial charge in [0.2, 0.25) is 0 Å². The lowest BCUT2D eigenvalue weighted by Crippen LogP contribution is -2.41. The average molecular weight is 150 g/mol. The first-order valence-electron chi connectivity index (χ1n) is 3.13. The fourth-order valence-corrected chi connectivity index (χ4v) is 1.70. The van der Waals surface area contributed by atoms with E-state index in [9.17, 15) is 0 Å². The summed E-state index contributed by atoms with van der Waals surface area (Å²) in [6, 6.07) is 0.787. The molecule has 0 aromatic carbocycles. The van der Waals surface area contributed by atoms with Crippen LogP contribution in [0.25, 0.3) is 0 Å². The van der Waals surface area contributed by atoms with Gasteiger partial charge < -0.3 is 10.1 Å². The van der Waals surface area contributed by atoms with E-state index in [1.54, 1.807) is 0 Å².